The van der Waals surface area contributed by atoms with Crippen LogP contribution >= 0.6 is 0 Å². The van der Waals surface area contributed by atoms with Gasteiger partial charge >= 0.3 is 6.03 Å². The Kier molecular flexibility index (Phi) is 4.10. The molecule has 2 heterocycles. The molecule has 2 aliphatic heterocycles. The summed E-state index contributed by atoms with van der Waals surface area (Å²) in [4.78, 5) is 25.6. The number of quaternary nitrogens is 1. The topological polar surface area (TPSA) is 88.0 Å². The van der Waals surface area contributed by atoms with Crippen LogP contribution in [0.15, 0.2) is 0 Å². The number of hydrogen-bond donors (Lipinski definition) is 2. The molecule has 0 aromatic heterocycles. The van der Waals surface area contributed by atoms with Crippen molar-refractivity contribution in [2.45, 2.75) is 25.8 Å². The number of rotatable bonds is 4. The fourth-order valence-electron chi connectivity index (χ4n) is 2.63. The van der Waals surface area contributed by atoms with E-state index in [9.17, 15) is 18.0 Å². The normalized spacial score (nSPS) is 28.3. The molecule has 2 N–H and O–H groups in total. The van der Waals surface area contributed by atoms with Crippen molar-refractivity contribution in [1.82, 2.24) is 10.2 Å². The van der Waals surface area contributed by atoms with Gasteiger partial charge in [0.05, 0.1) is 12.3 Å². The summed E-state index contributed by atoms with van der Waals surface area (Å²) in [5.74, 6) is 0.178. The number of carbonyl (C=O) groups excluding carboxylic acids is 2. The Balaban J connectivity index is 2.03. The van der Waals surface area contributed by atoms with Crippen molar-refractivity contribution in [3.8, 4) is 0 Å². The molecule has 2 fully saturated rings. The molecule has 8 heteroatoms. The van der Waals surface area contributed by atoms with E-state index in [-0.39, 0.29) is 36.2 Å². The molecule has 2 saturated heterocycles. The van der Waals surface area contributed by atoms with Gasteiger partial charge in [-0.05, 0) is 6.92 Å². The molecule has 2 atom stereocenters. The van der Waals surface area contributed by atoms with E-state index in [4.69, 9.17) is 0 Å². The number of sulfone groups is 1. The van der Waals surface area contributed by atoms with Gasteiger partial charge in [-0.25, -0.2) is 18.1 Å². The van der Waals surface area contributed by atoms with Crippen molar-refractivity contribution in [1.29, 1.82) is 0 Å². The van der Waals surface area contributed by atoms with Gasteiger partial charge in [0.1, 0.15) is 11.8 Å². The van der Waals surface area contributed by atoms with Crippen LogP contribution in [0.25, 0.3) is 0 Å². The number of nitrogens with one attached hydrogen (secondary N) is 2. The maximum Gasteiger partial charge on any atom is 0.328 e. The zero-order valence-electron chi connectivity index (χ0n) is 11.0. The van der Waals surface area contributed by atoms with Gasteiger partial charge in [0.25, 0.3) is 0 Å². The van der Waals surface area contributed by atoms with Crippen LogP contribution in [0.3, 0.4) is 0 Å². The molecule has 7 nitrogen and oxygen atoms in total. The number of urea groups is 1. The van der Waals surface area contributed by atoms with Crippen LogP contribution < -0.4 is 10.2 Å². The van der Waals surface area contributed by atoms with Gasteiger partial charge in [-0.15, -0.1) is 0 Å². The van der Waals surface area contributed by atoms with Crippen LogP contribution in [-0.2, 0) is 14.6 Å². The lowest BCUT2D eigenvalue weighted by molar-refractivity contribution is -0.927. The van der Waals surface area contributed by atoms with Crippen LogP contribution in [0.2, 0.25) is 0 Å². The average Bonchev–Trinajstić information content (AvgIpc) is 2.69. The highest BCUT2D eigenvalue weighted by atomic mass is 32.2. The molecule has 3 amide bonds. The van der Waals surface area contributed by atoms with Gasteiger partial charge in [0.15, 0.2) is 16.5 Å². The van der Waals surface area contributed by atoms with E-state index in [0.29, 0.717) is 25.9 Å². The zero-order valence-corrected chi connectivity index (χ0v) is 11.8. The second kappa shape index (κ2) is 5.46. The van der Waals surface area contributed by atoms with Gasteiger partial charge in [-0.3, -0.25) is 4.79 Å². The van der Waals surface area contributed by atoms with Crippen molar-refractivity contribution in [3.63, 3.8) is 0 Å². The monoisotopic (exact) mass is 290 g/mol. The first-order valence-electron chi connectivity index (χ1n) is 6.56. The highest BCUT2D eigenvalue weighted by molar-refractivity contribution is 7.91. The zero-order chi connectivity index (χ0) is 14.0. The summed E-state index contributed by atoms with van der Waals surface area (Å²) in [5, 5.41) is 2.63. The third-order valence-corrected chi connectivity index (χ3v) is 5.55. The highest BCUT2D eigenvalue weighted by Crippen LogP contribution is 2.09. The van der Waals surface area contributed by atoms with Crippen molar-refractivity contribution >= 4 is 21.8 Å². The smallest absolute Gasteiger partial charge is 0.328 e. The SMILES string of the molecule is CC[NH+](CN1C(=O)CCNC1=O)[C@@H]1CCS(=O)(=O)C1. The Morgan fingerprint density at radius 1 is 1.42 bits per heavy atom. The molecular formula is C11H20N3O4S+. The van der Waals surface area contributed by atoms with E-state index in [1.165, 1.54) is 4.90 Å². The predicted octanol–water partition coefficient (Wildman–Crippen LogP) is -2.02. The van der Waals surface area contributed by atoms with Crippen LogP contribution in [0, 0.1) is 0 Å². The second-order valence-electron chi connectivity index (χ2n) is 5.07. The average molecular weight is 290 g/mol. The van der Waals surface area contributed by atoms with Crippen molar-refractivity contribution in [3.05, 3.63) is 0 Å². The molecule has 0 aliphatic carbocycles. The van der Waals surface area contributed by atoms with E-state index in [1.54, 1.807) is 0 Å². The number of carbonyl (C=O) groups is 2. The minimum atomic E-state index is -2.94. The largest absolute Gasteiger partial charge is 0.337 e. The Morgan fingerprint density at radius 3 is 2.68 bits per heavy atom. The predicted molar refractivity (Wildman–Crippen MR) is 68.3 cm³/mol. The lowest BCUT2D eigenvalue weighted by Gasteiger charge is -2.31. The number of amides is 3. The molecule has 0 saturated carbocycles. The molecule has 108 valence electrons. The molecule has 0 aromatic rings. The molecule has 0 radical (unpaired) electrons. The Labute approximate surface area is 112 Å². The van der Waals surface area contributed by atoms with Crippen molar-refractivity contribution < 1.29 is 22.9 Å². The van der Waals surface area contributed by atoms with Crippen molar-refractivity contribution in [2.24, 2.45) is 0 Å². The molecule has 0 spiro atoms. The summed E-state index contributed by atoms with van der Waals surface area (Å²) < 4.78 is 23.0. The summed E-state index contributed by atoms with van der Waals surface area (Å²) in [6.45, 7) is 3.26. The van der Waals surface area contributed by atoms with Gasteiger partial charge in [0, 0.05) is 19.4 Å². The fourth-order valence-corrected chi connectivity index (χ4v) is 4.46. The Morgan fingerprint density at radius 2 is 2.16 bits per heavy atom. The van der Waals surface area contributed by atoms with E-state index in [0.717, 1.165) is 4.90 Å². The van der Waals surface area contributed by atoms with E-state index < -0.39 is 9.84 Å². The number of imide groups is 1. The van der Waals surface area contributed by atoms with Gasteiger partial charge in [-0.1, -0.05) is 0 Å². The summed E-state index contributed by atoms with van der Waals surface area (Å²) in [7, 11) is -2.94. The van der Waals surface area contributed by atoms with E-state index in [1.807, 2.05) is 6.92 Å². The summed E-state index contributed by atoms with van der Waals surface area (Å²) in [5.41, 5.74) is 0. The van der Waals surface area contributed by atoms with Crippen LogP contribution in [0.1, 0.15) is 19.8 Å². The summed E-state index contributed by atoms with van der Waals surface area (Å²) in [6.07, 6.45) is 0.918. The van der Waals surface area contributed by atoms with E-state index >= 15 is 0 Å². The third kappa shape index (κ3) is 3.24. The highest BCUT2D eigenvalue weighted by Gasteiger charge is 2.37. The van der Waals surface area contributed by atoms with Gasteiger partial charge in [0.2, 0.25) is 5.91 Å². The Hall–Kier alpha value is -1.15. The minimum Gasteiger partial charge on any atom is -0.337 e. The first kappa shape index (κ1) is 14.3. The fraction of sp³-hybridized carbons (Fsp3) is 0.818. The maximum atomic E-state index is 11.7. The third-order valence-electron chi connectivity index (χ3n) is 3.79. The molecule has 1 unspecified atom stereocenters. The summed E-state index contributed by atoms with van der Waals surface area (Å²) in [6, 6.07) is -0.388. The van der Waals surface area contributed by atoms with Crippen LogP contribution in [0.4, 0.5) is 4.79 Å². The van der Waals surface area contributed by atoms with Crippen LogP contribution in [-0.4, -0.2) is 62.6 Å². The molecular weight excluding hydrogens is 270 g/mol. The first-order valence-corrected chi connectivity index (χ1v) is 8.38. The summed E-state index contributed by atoms with van der Waals surface area (Å²) >= 11 is 0. The standard InChI is InChI=1S/C11H19N3O4S/c1-2-13(9-4-6-19(17,18)7-9)8-14-10(15)3-5-12-11(14)16/h9H,2-8H2,1H3,(H,12,16)/p+1/t9-/m1/s1. The van der Waals surface area contributed by atoms with Gasteiger partial charge < -0.3 is 10.2 Å². The van der Waals surface area contributed by atoms with E-state index in [2.05, 4.69) is 5.32 Å². The molecule has 2 aliphatic rings. The lowest BCUT2D eigenvalue weighted by Crippen LogP contribution is -3.17. The first-order chi connectivity index (χ1) is 8.93. The molecule has 0 bridgehead atoms. The molecule has 2 rings (SSSR count). The maximum absolute atomic E-state index is 11.7. The van der Waals surface area contributed by atoms with Crippen molar-refractivity contribution in [2.75, 3.05) is 31.3 Å². The number of hydrogen-bond acceptors (Lipinski definition) is 4. The lowest BCUT2D eigenvalue weighted by atomic mass is 10.2. The number of nitrogens with zero attached hydrogens (tertiary/aromatic N) is 1. The van der Waals surface area contributed by atoms with Gasteiger partial charge in [-0.2, -0.15) is 0 Å². The minimum absolute atomic E-state index is 0.0162. The molecule has 0 aromatic carbocycles. The Bertz CT molecular complexity index is 460. The van der Waals surface area contributed by atoms with Crippen LogP contribution in [0.5, 0.6) is 0 Å². The quantitative estimate of drug-likeness (QED) is 0.625. The second-order valence-corrected chi connectivity index (χ2v) is 7.30. The molecule has 19 heavy (non-hydrogen) atoms.